The van der Waals surface area contributed by atoms with E-state index in [1.54, 1.807) is 0 Å². The number of nitro groups is 1. The number of guanidine groups is 1. The van der Waals surface area contributed by atoms with Crippen molar-refractivity contribution in [2.45, 2.75) is 18.9 Å². The van der Waals surface area contributed by atoms with E-state index in [1.165, 1.54) is 0 Å². The molecule has 9 N–H and O–H groups in total. The Bertz CT molecular complexity index is 246. The van der Waals surface area contributed by atoms with E-state index in [4.69, 9.17) is 11.5 Å². The number of rotatable bonds is 9. The second-order valence-corrected chi connectivity index (χ2v) is 3.61. The first kappa shape index (κ1) is 15.6. The van der Waals surface area contributed by atoms with Crippen LogP contribution in [0.3, 0.4) is 0 Å². The normalized spacial score (nSPS) is 13.4. The standard InChI is InChI=1S/C8H21N7O2/c9-3-5-12-6-7(10)2-1-4-13-8(11)14-15(16)17/h7,12H,1-6,9-10H2,(H3,11,13,14)/p+1/t7-/m0/s1. The number of nitrogens with one attached hydrogen (secondary N) is 2. The lowest BCUT2D eigenvalue weighted by atomic mass is 10.1. The molecule has 0 aliphatic heterocycles. The lowest BCUT2D eigenvalue weighted by Crippen LogP contribution is -2.55. The molecule has 9 nitrogen and oxygen atoms in total. The van der Waals surface area contributed by atoms with Gasteiger partial charge in [-0.3, -0.25) is 0 Å². The third-order valence-electron chi connectivity index (χ3n) is 2.01. The number of quaternary nitrogens is 1. The average molecular weight is 248 g/mol. The highest BCUT2D eigenvalue weighted by Crippen LogP contribution is 1.91. The van der Waals surface area contributed by atoms with Crippen LogP contribution in [0, 0.1) is 10.1 Å². The number of hydrogen-bond acceptors (Lipinski definition) is 4. The summed E-state index contributed by atoms with van der Waals surface area (Å²) in [5.74, 6) is -0.182. The first-order valence-electron chi connectivity index (χ1n) is 5.54. The summed E-state index contributed by atoms with van der Waals surface area (Å²) in [6, 6.07) is 0.0667. The zero-order valence-corrected chi connectivity index (χ0v) is 9.89. The molecule has 0 aliphatic rings. The molecule has 0 aromatic heterocycles. The minimum Gasteiger partial charge on any atom is -0.365 e. The van der Waals surface area contributed by atoms with E-state index in [9.17, 15) is 10.1 Å². The van der Waals surface area contributed by atoms with Gasteiger partial charge in [0.25, 0.3) is 5.96 Å². The van der Waals surface area contributed by atoms with Gasteiger partial charge in [-0.25, -0.2) is 10.1 Å². The van der Waals surface area contributed by atoms with Crippen LogP contribution >= 0.6 is 0 Å². The Balaban J connectivity index is 3.47. The highest BCUT2D eigenvalue weighted by Gasteiger charge is 2.02. The minimum absolute atomic E-state index is 0.0667. The molecule has 0 bridgehead atoms. The lowest BCUT2D eigenvalue weighted by molar-refractivity contribution is -0.485. The Morgan fingerprint density at radius 1 is 1.53 bits per heavy atom. The second-order valence-electron chi connectivity index (χ2n) is 3.61. The zero-order chi connectivity index (χ0) is 13.1. The summed E-state index contributed by atoms with van der Waals surface area (Å²) in [5, 5.41) is 17.8. The van der Waals surface area contributed by atoms with E-state index in [2.05, 4.69) is 21.5 Å². The molecule has 0 fully saturated rings. The van der Waals surface area contributed by atoms with Crippen LogP contribution in [0.4, 0.5) is 0 Å². The molecule has 0 saturated heterocycles. The number of hydrogen-bond donors (Lipinski definition) is 5. The summed E-state index contributed by atoms with van der Waals surface area (Å²) in [7, 11) is 0. The fourth-order valence-corrected chi connectivity index (χ4v) is 1.22. The van der Waals surface area contributed by atoms with Crippen molar-refractivity contribution in [3.05, 3.63) is 10.1 Å². The Morgan fingerprint density at radius 3 is 2.82 bits per heavy atom. The number of hydrazone groups is 1. The Morgan fingerprint density at radius 2 is 2.24 bits per heavy atom. The fourth-order valence-electron chi connectivity index (χ4n) is 1.22. The monoisotopic (exact) mass is 248 g/mol. The third kappa shape index (κ3) is 10.8. The topological polar surface area (TPSA) is 159 Å². The predicted octanol–water partition coefficient (Wildman–Crippen LogP) is -2.98. The maximum atomic E-state index is 9.96. The van der Waals surface area contributed by atoms with Crippen LogP contribution < -0.4 is 27.8 Å². The van der Waals surface area contributed by atoms with Crippen LogP contribution in [0.15, 0.2) is 5.10 Å². The SMILES string of the molecule is N/C(=N/[N+](=O)[O-])NCCC[C@H](N)CNCC[NH3+]. The molecule has 0 aromatic carbocycles. The van der Waals surface area contributed by atoms with Gasteiger partial charge >= 0.3 is 0 Å². The molecule has 0 aliphatic carbocycles. The summed E-state index contributed by atoms with van der Waals surface area (Å²) in [6.07, 6.45) is 1.59. The van der Waals surface area contributed by atoms with Crippen LogP contribution in [0.1, 0.15) is 12.8 Å². The average Bonchev–Trinajstić information content (AvgIpc) is 2.24. The summed E-state index contributed by atoms with van der Waals surface area (Å²) in [4.78, 5) is 9.96. The van der Waals surface area contributed by atoms with E-state index in [1.807, 2.05) is 0 Å². The largest absolute Gasteiger partial charge is 0.365 e. The maximum Gasteiger partial charge on any atom is 0.266 e. The highest BCUT2D eigenvalue weighted by atomic mass is 16.7. The molecule has 0 unspecified atom stereocenters. The van der Waals surface area contributed by atoms with E-state index >= 15 is 0 Å². The maximum absolute atomic E-state index is 9.96. The van der Waals surface area contributed by atoms with Gasteiger partial charge in [-0.1, -0.05) is 0 Å². The van der Waals surface area contributed by atoms with E-state index in [-0.39, 0.29) is 12.0 Å². The van der Waals surface area contributed by atoms with E-state index in [0.717, 1.165) is 32.5 Å². The minimum atomic E-state index is -0.837. The van der Waals surface area contributed by atoms with Gasteiger partial charge in [0.1, 0.15) is 5.10 Å². The highest BCUT2D eigenvalue weighted by molar-refractivity contribution is 5.76. The molecule has 1 atom stereocenters. The van der Waals surface area contributed by atoms with Crippen LogP contribution in [0.25, 0.3) is 0 Å². The van der Waals surface area contributed by atoms with Gasteiger partial charge < -0.3 is 27.8 Å². The first-order chi connectivity index (χ1) is 8.06. The van der Waals surface area contributed by atoms with Crippen molar-refractivity contribution in [1.82, 2.24) is 10.6 Å². The van der Waals surface area contributed by atoms with Crippen molar-refractivity contribution in [2.24, 2.45) is 16.6 Å². The van der Waals surface area contributed by atoms with Gasteiger partial charge in [0.2, 0.25) is 0 Å². The van der Waals surface area contributed by atoms with Gasteiger partial charge in [0.15, 0.2) is 5.03 Å². The molecule has 100 valence electrons. The predicted molar refractivity (Wildman–Crippen MR) is 64.5 cm³/mol. The van der Waals surface area contributed by atoms with Crippen molar-refractivity contribution >= 4 is 5.96 Å². The van der Waals surface area contributed by atoms with Crippen LogP contribution in [0.5, 0.6) is 0 Å². The van der Waals surface area contributed by atoms with E-state index < -0.39 is 5.03 Å². The number of nitrogens with zero attached hydrogens (tertiary/aromatic N) is 2. The second kappa shape index (κ2) is 9.75. The van der Waals surface area contributed by atoms with Gasteiger partial charge in [-0.05, 0) is 12.8 Å². The van der Waals surface area contributed by atoms with Crippen LogP contribution in [-0.4, -0.2) is 43.2 Å². The molecule has 0 rings (SSSR count). The molecular weight excluding hydrogens is 226 g/mol. The smallest absolute Gasteiger partial charge is 0.266 e. The molecule has 0 spiro atoms. The summed E-state index contributed by atoms with van der Waals surface area (Å²) in [5.41, 5.74) is 14.8. The Labute approximate surface area is 99.9 Å². The molecule has 17 heavy (non-hydrogen) atoms. The van der Waals surface area contributed by atoms with Crippen molar-refractivity contribution in [1.29, 1.82) is 0 Å². The number of nitrogens with two attached hydrogens (primary N) is 2. The summed E-state index contributed by atoms with van der Waals surface area (Å²) >= 11 is 0. The Hall–Kier alpha value is -1.45. The zero-order valence-electron chi connectivity index (χ0n) is 9.89. The van der Waals surface area contributed by atoms with Gasteiger partial charge in [-0.15, -0.1) is 0 Å². The van der Waals surface area contributed by atoms with E-state index in [0.29, 0.717) is 6.54 Å². The van der Waals surface area contributed by atoms with Crippen LogP contribution in [0.2, 0.25) is 0 Å². The lowest BCUT2D eigenvalue weighted by Gasteiger charge is -2.11. The summed E-state index contributed by atoms with van der Waals surface area (Å²) in [6.45, 7) is 2.96. The Kier molecular flexibility index (Phi) is 8.92. The molecule has 0 heterocycles. The van der Waals surface area contributed by atoms with Crippen molar-refractivity contribution in [3.8, 4) is 0 Å². The van der Waals surface area contributed by atoms with Crippen LogP contribution in [-0.2, 0) is 0 Å². The molecular formula is C8H22N7O2+. The van der Waals surface area contributed by atoms with Gasteiger partial charge in [0, 0.05) is 25.7 Å². The quantitative estimate of drug-likeness (QED) is 0.0962. The third-order valence-corrected chi connectivity index (χ3v) is 2.01. The molecule has 0 aromatic rings. The molecule has 9 heteroatoms. The summed E-state index contributed by atoms with van der Waals surface area (Å²) < 4.78 is 0. The van der Waals surface area contributed by atoms with Crippen molar-refractivity contribution < 1.29 is 10.8 Å². The first-order valence-corrected chi connectivity index (χ1v) is 5.54. The molecule has 0 radical (unpaired) electrons. The van der Waals surface area contributed by atoms with Crippen molar-refractivity contribution in [2.75, 3.05) is 26.2 Å². The molecule has 0 amide bonds. The van der Waals surface area contributed by atoms with Crippen molar-refractivity contribution in [3.63, 3.8) is 0 Å². The van der Waals surface area contributed by atoms with Gasteiger partial charge in [0.05, 0.1) is 6.54 Å². The van der Waals surface area contributed by atoms with Gasteiger partial charge in [-0.2, -0.15) is 0 Å². The fraction of sp³-hybridized carbons (Fsp3) is 0.875. The molecule has 0 saturated carbocycles.